The Kier molecular flexibility index (Phi) is 4.93. The molecule has 2 atom stereocenters. The number of nitrogens with zero attached hydrogens (tertiary/aromatic N) is 2. The lowest BCUT2D eigenvalue weighted by atomic mass is 10.0. The van der Waals surface area contributed by atoms with Gasteiger partial charge < -0.3 is 10.4 Å². The van der Waals surface area contributed by atoms with Crippen LogP contribution in [0.15, 0.2) is 42.6 Å². The van der Waals surface area contributed by atoms with Gasteiger partial charge >= 0.3 is 5.97 Å². The van der Waals surface area contributed by atoms with Crippen molar-refractivity contribution in [2.75, 3.05) is 0 Å². The van der Waals surface area contributed by atoms with Gasteiger partial charge in [-0.15, -0.1) is 0 Å². The predicted molar refractivity (Wildman–Crippen MR) is 81.3 cm³/mol. The van der Waals surface area contributed by atoms with Crippen molar-refractivity contribution in [1.82, 2.24) is 15.1 Å². The number of carboxylic acids is 1. The molecule has 1 unspecified atom stereocenters. The first-order valence-corrected chi connectivity index (χ1v) is 7.04. The van der Waals surface area contributed by atoms with E-state index < -0.39 is 17.9 Å². The molecule has 2 N–H and O–H groups in total. The Morgan fingerprint density at radius 3 is 2.50 bits per heavy atom. The Labute approximate surface area is 128 Å². The first-order chi connectivity index (χ1) is 10.5. The van der Waals surface area contributed by atoms with E-state index >= 15 is 0 Å². The largest absolute Gasteiger partial charge is 0.480 e. The number of hydrogen-bond acceptors (Lipinski definition) is 3. The third kappa shape index (κ3) is 3.72. The second kappa shape index (κ2) is 6.89. The SMILES string of the molecule is CC(C(=O)N[C@H](Cc1ccccc1)C(=O)O)c1ccnn1C. The van der Waals surface area contributed by atoms with Gasteiger partial charge in [0.2, 0.25) is 5.91 Å². The van der Waals surface area contributed by atoms with Gasteiger partial charge in [0, 0.05) is 19.7 Å². The zero-order valence-corrected chi connectivity index (χ0v) is 12.6. The Morgan fingerprint density at radius 1 is 1.27 bits per heavy atom. The van der Waals surface area contributed by atoms with Gasteiger partial charge in [0.1, 0.15) is 6.04 Å². The first kappa shape index (κ1) is 15.8. The molecule has 0 aliphatic carbocycles. The summed E-state index contributed by atoms with van der Waals surface area (Å²) in [6.45, 7) is 1.73. The number of carboxylic acid groups (broad SMARTS) is 1. The Balaban J connectivity index is 2.06. The van der Waals surface area contributed by atoms with E-state index in [1.165, 1.54) is 0 Å². The fourth-order valence-corrected chi connectivity index (χ4v) is 2.29. The normalized spacial score (nSPS) is 13.4. The van der Waals surface area contributed by atoms with E-state index in [-0.39, 0.29) is 12.3 Å². The van der Waals surface area contributed by atoms with Crippen molar-refractivity contribution >= 4 is 11.9 Å². The molecule has 2 aromatic rings. The summed E-state index contributed by atoms with van der Waals surface area (Å²) in [5.74, 6) is -1.84. The molecule has 6 heteroatoms. The average molecular weight is 301 g/mol. The molecule has 0 aliphatic heterocycles. The fourth-order valence-electron chi connectivity index (χ4n) is 2.29. The van der Waals surface area contributed by atoms with Crippen LogP contribution in [0, 0.1) is 0 Å². The summed E-state index contributed by atoms with van der Waals surface area (Å²) in [4.78, 5) is 23.7. The van der Waals surface area contributed by atoms with Crippen molar-refractivity contribution < 1.29 is 14.7 Å². The molecule has 0 saturated carbocycles. The minimum absolute atomic E-state index is 0.250. The summed E-state index contributed by atoms with van der Waals surface area (Å²) >= 11 is 0. The summed E-state index contributed by atoms with van der Waals surface area (Å²) in [7, 11) is 1.75. The molecule has 1 aromatic heterocycles. The highest BCUT2D eigenvalue weighted by Crippen LogP contribution is 2.14. The summed E-state index contributed by atoms with van der Waals surface area (Å²) in [5.41, 5.74) is 1.60. The van der Waals surface area contributed by atoms with Gasteiger partial charge in [-0.1, -0.05) is 30.3 Å². The molecule has 0 saturated heterocycles. The number of carbonyl (C=O) groups excluding carboxylic acids is 1. The van der Waals surface area contributed by atoms with Gasteiger partial charge in [0.05, 0.1) is 11.6 Å². The van der Waals surface area contributed by atoms with E-state index in [9.17, 15) is 14.7 Å². The lowest BCUT2D eigenvalue weighted by molar-refractivity contribution is -0.142. The quantitative estimate of drug-likeness (QED) is 0.843. The summed E-state index contributed by atoms with van der Waals surface area (Å²) < 4.78 is 1.61. The minimum atomic E-state index is -1.05. The van der Waals surface area contributed by atoms with E-state index in [1.807, 2.05) is 30.3 Å². The first-order valence-electron chi connectivity index (χ1n) is 7.04. The minimum Gasteiger partial charge on any atom is -0.480 e. The molecule has 0 radical (unpaired) electrons. The van der Waals surface area contributed by atoms with Crippen LogP contribution in [0.4, 0.5) is 0 Å². The number of nitrogens with one attached hydrogen (secondary N) is 1. The van der Waals surface area contributed by atoms with Crippen LogP contribution < -0.4 is 5.32 Å². The van der Waals surface area contributed by atoms with Crippen molar-refractivity contribution in [2.45, 2.75) is 25.3 Å². The van der Waals surface area contributed by atoms with Gasteiger partial charge in [-0.05, 0) is 18.6 Å². The maximum absolute atomic E-state index is 12.3. The number of aliphatic carboxylic acids is 1. The molecule has 1 heterocycles. The number of carbonyl (C=O) groups is 2. The number of aromatic nitrogens is 2. The van der Waals surface area contributed by atoms with Crippen LogP contribution in [0.25, 0.3) is 0 Å². The predicted octanol–water partition coefficient (Wildman–Crippen LogP) is 1.34. The number of amides is 1. The highest BCUT2D eigenvalue weighted by Gasteiger charge is 2.25. The zero-order chi connectivity index (χ0) is 16.1. The highest BCUT2D eigenvalue weighted by atomic mass is 16.4. The molecule has 2 rings (SSSR count). The number of rotatable bonds is 6. The standard InChI is InChI=1S/C16H19N3O3/c1-11(14-8-9-17-19(14)2)15(20)18-13(16(21)22)10-12-6-4-3-5-7-12/h3-9,11,13H,10H2,1-2H3,(H,18,20)(H,21,22)/t11?,13-/m1/s1. The fraction of sp³-hybridized carbons (Fsp3) is 0.312. The maximum atomic E-state index is 12.3. The van der Waals surface area contributed by atoms with E-state index in [0.717, 1.165) is 11.3 Å². The lowest BCUT2D eigenvalue weighted by Gasteiger charge is -2.18. The van der Waals surface area contributed by atoms with Crippen LogP contribution in [0.5, 0.6) is 0 Å². The zero-order valence-electron chi connectivity index (χ0n) is 12.6. The van der Waals surface area contributed by atoms with E-state index in [4.69, 9.17) is 0 Å². The molecule has 0 aliphatic rings. The van der Waals surface area contributed by atoms with E-state index in [2.05, 4.69) is 10.4 Å². The molecular weight excluding hydrogens is 282 g/mol. The molecular formula is C16H19N3O3. The topological polar surface area (TPSA) is 84.2 Å². The van der Waals surface area contributed by atoms with Crippen molar-refractivity contribution in [3.63, 3.8) is 0 Å². The van der Waals surface area contributed by atoms with Crippen LogP contribution in [-0.4, -0.2) is 32.8 Å². The second-order valence-corrected chi connectivity index (χ2v) is 5.19. The number of hydrogen-bond donors (Lipinski definition) is 2. The van der Waals surface area contributed by atoms with E-state index in [1.54, 1.807) is 30.9 Å². The van der Waals surface area contributed by atoms with Crippen LogP contribution >= 0.6 is 0 Å². The highest BCUT2D eigenvalue weighted by molar-refractivity contribution is 5.87. The monoisotopic (exact) mass is 301 g/mol. The molecule has 116 valence electrons. The van der Waals surface area contributed by atoms with Gasteiger partial charge in [0.25, 0.3) is 0 Å². The Morgan fingerprint density at radius 2 is 1.95 bits per heavy atom. The Bertz CT molecular complexity index is 652. The van der Waals surface area contributed by atoms with Crippen LogP contribution in [0.3, 0.4) is 0 Å². The van der Waals surface area contributed by atoms with Gasteiger partial charge in [-0.3, -0.25) is 9.48 Å². The van der Waals surface area contributed by atoms with Crippen molar-refractivity contribution in [1.29, 1.82) is 0 Å². The second-order valence-electron chi connectivity index (χ2n) is 5.19. The van der Waals surface area contributed by atoms with Crippen molar-refractivity contribution in [3.05, 3.63) is 53.9 Å². The van der Waals surface area contributed by atoms with Crippen molar-refractivity contribution in [2.24, 2.45) is 7.05 Å². The number of benzene rings is 1. The van der Waals surface area contributed by atoms with Gasteiger partial charge in [-0.25, -0.2) is 4.79 Å². The summed E-state index contributed by atoms with van der Waals surface area (Å²) in [5, 5.41) is 15.9. The maximum Gasteiger partial charge on any atom is 0.326 e. The van der Waals surface area contributed by atoms with Crippen molar-refractivity contribution in [3.8, 4) is 0 Å². The van der Waals surface area contributed by atoms with E-state index in [0.29, 0.717) is 0 Å². The van der Waals surface area contributed by atoms with Crippen LogP contribution in [0.2, 0.25) is 0 Å². The smallest absolute Gasteiger partial charge is 0.326 e. The third-order valence-corrected chi connectivity index (χ3v) is 3.59. The Hall–Kier alpha value is -2.63. The summed E-state index contributed by atoms with van der Waals surface area (Å²) in [6.07, 6.45) is 1.86. The lowest BCUT2D eigenvalue weighted by Crippen LogP contribution is -2.44. The summed E-state index contributed by atoms with van der Waals surface area (Å²) in [6, 6.07) is 10.0. The van der Waals surface area contributed by atoms with Gasteiger partial charge in [-0.2, -0.15) is 5.10 Å². The molecule has 1 amide bonds. The molecule has 0 spiro atoms. The molecule has 22 heavy (non-hydrogen) atoms. The molecule has 0 fully saturated rings. The molecule has 0 bridgehead atoms. The van der Waals surface area contributed by atoms with Crippen LogP contribution in [0.1, 0.15) is 24.1 Å². The molecule has 6 nitrogen and oxygen atoms in total. The van der Waals surface area contributed by atoms with Crippen LogP contribution in [-0.2, 0) is 23.1 Å². The third-order valence-electron chi connectivity index (χ3n) is 3.59. The average Bonchev–Trinajstić information content (AvgIpc) is 2.92. The van der Waals surface area contributed by atoms with Gasteiger partial charge in [0.15, 0.2) is 0 Å². The number of aryl methyl sites for hydroxylation is 1. The molecule has 1 aromatic carbocycles.